The Morgan fingerprint density at radius 3 is 2.42 bits per heavy atom. The van der Waals surface area contributed by atoms with E-state index in [2.05, 4.69) is 23.3 Å². The number of ether oxygens (including phenoxy) is 1. The molecule has 0 aliphatic carbocycles. The number of hydrogen-bond donors (Lipinski definition) is 3. The van der Waals surface area contributed by atoms with Gasteiger partial charge >= 0.3 is 6.09 Å². The van der Waals surface area contributed by atoms with E-state index in [0.29, 0.717) is 22.4 Å². The number of anilines is 1. The topological polar surface area (TPSA) is 131 Å². The van der Waals surface area contributed by atoms with Gasteiger partial charge in [0.2, 0.25) is 5.91 Å². The number of terminal acetylenes is 1. The van der Waals surface area contributed by atoms with Crippen molar-refractivity contribution in [2.75, 3.05) is 5.32 Å². The Hall–Kier alpha value is -4.29. The number of para-hydroxylation sites is 1. The fourth-order valence-corrected chi connectivity index (χ4v) is 3.81. The summed E-state index contributed by atoms with van der Waals surface area (Å²) < 4.78 is 5.21. The molecule has 0 saturated carbocycles. The predicted octanol–water partition coefficient (Wildman–Crippen LogP) is 4.16. The van der Waals surface area contributed by atoms with E-state index >= 15 is 0 Å². The van der Waals surface area contributed by atoms with Crippen molar-refractivity contribution in [2.24, 2.45) is 5.73 Å². The molecule has 0 aliphatic heterocycles. The molecule has 0 radical (unpaired) electrons. The molecule has 2 unspecified atom stereocenters. The van der Waals surface area contributed by atoms with Crippen LogP contribution in [0.1, 0.15) is 49.9 Å². The molecule has 0 saturated heterocycles. The van der Waals surface area contributed by atoms with Gasteiger partial charge in [-0.25, -0.2) is 4.79 Å². The number of amides is 4. The van der Waals surface area contributed by atoms with Crippen LogP contribution in [-0.4, -0.2) is 40.4 Å². The van der Waals surface area contributed by atoms with Crippen LogP contribution in [0.3, 0.4) is 0 Å². The molecular weight excluding hydrogens is 508 g/mol. The van der Waals surface area contributed by atoms with Crippen LogP contribution in [0.15, 0.2) is 49.0 Å². The number of carbonyl (C=O) groups is 4. The second-order valence-corrected chi connectivity index (χ2v) is 9.81. The van der Waals surface area contributed by atoms with Crippen molar-refractivity contribution in [3.63, 3.8) is 0 Å². The average Bonchev–Trinajstić information content (AvgIpc) is 2.82. The highest BCUT2D eigenvalue weighted by molar-refractivity contribution is 6.34. The zero-order valence-electron chi connectivity index (χ0n) is 21.7. The lowest BCUT2D eigenvalue weighted by molar-refractivity contribution is -0.138. The molecule has 2 aromatic carbocycles. The summed E-state index contributed by atoms with van der Waals surface area (Å²) in [5.41, 5.74) is 6.50. The van der Waals surface area contributed by atoms with Gasteiger partial charge in [-0.3, -0.25) is 19.3 Å². The lowest BCUT2D eigenvalue weighted by Gasteiger charge is -2.30. The van der Waals surface area contributed by atoms with Crippen molar-refractivity contribution in [1.82, 2.24) is 10.2 Å². The van der Waals surface area contributed by atoms with Gasteiger partial charge in [-0.1, -0.05) is 61.0 Å². The number of benzene rings is 2. The number of hydrogen-bond acceptors (Lipinski definition) is 5. The number of nitrogens with one attached hydrogen (secondary N) is 2. The quantitative estimate of drug-likeness (QED) is 0.326. The molecule has 0 bridgehead atoms. The number of aryl methyl sites for hydroxylation is 1. The normalized spacial score (nSPS) is 12.3. The third-order valence-corrected chi connectivity index (χ3v) is 5.52. The maximum Gasteiger partial charge on any atom is 0.408 e. The first-order valence-electron chi connectivity index (χ1n) is 11.6. The zero-order chi connectivity index (χ0) is 28.6. The molecule has 9 nitrogen and oxygen atoms in total. The largest absolute Gasteiger partial charge is 0.444 e. The summed E-state index contributed by atoms with van der Waals surface area (Å²) in [6, 6.07) is 11.1. The van der Waals surface area contributed by atoms with E-state index in [-0.39, 0.29) is 5.02 Å². The predicted molar refractivity (Wildman–Crippen MR) is 147 cm³/mol. The van der Waals surface area contributed by atoms with Gasteiger partial charge in [0.05, 0.1) is 17.1 Å². The number of rotatable bonds is 9. The maximum absolute atomic E-state index is 13.7. The van der Waals surface area contributed by atoms with E-state index < -0.39 is 47.9 Å². The van der Waals surface area contributed by atoms with Crippen molar-refractivity contribution in [3.05, 3.63) is 70.8 Å². The Kier molecular flexibility index (Phi) is 10.1. The molecule has 10 heteroatoms. The minimum atomic E-state index is -1.50. The summed E-state index contributed by atoms with van der Waals surface area (Å²) in [5.74, 6) is -2.47. The molecule has 0 spiro atoms. The molecule has 0 aromatic heterocycles. The summed E-state index contributed by atoms with van der Waals surface area (Å²) in [4.78, 5) is 52.3. The second-order valence-electron chi connectivity index (χ2n) is 9.40. The van der Waals surface area contributed by atoms with E-state index in [0.717, 1.165) is 4.90 Å². The Morgan fingerprint density at radius 1 is 1.21 bits per heavy atom. The number of carbonyl (C=O) groups excluding carboxylic acids is 4. The average molecular weight is 539 g/mol. The highest BCUT2D eigenvalue weighted by atomic mass is 35.5. The first-order valence-corrected chi connectivity index (χ1v) is 12.0. The van der Waals surface area contributed by atoms with Crippen LogP contribution in [0, 0.1) is 19.4 Å². The van der Waals surface area contributed by atoms with E-state index in [4.69, 9.17) is 28.5 Å². The Labute approximate surface area is 227 Å². The van der Waals surface area contributed by atoms with Crippen molar-refractivity contribution in [2.45, 2.75) is 51.8 Å². The molecule has 2 atom stereocenters. The van der Waals surface area contributed by atoms with Crippen molar-refractivity contribution in [1.29, 1.82) is 0 Å². The summed E-state index contributed by atoms with van der Waals surface area (Å²) in [5, 5.41) is 5.37. The van der Waals surface area contributed by atoms with Crippen LogP contribution in [0.25, 0.3) is 6.08 Å². The Bertz CT molecular complexity index is 1260. The molecule has 200 valence electrons. The van der Waals surface area contributed by atoms with Crippen LogP contribution in [0.4, 0.5) is 10.5 Å². The third kappa shape index (κ3) is 8.11. The molecule has 0 heterocycles. The minimum absolute atomic E-state index is 0.286. The molecular formula is C28H31ClN4O5. The van der Waals surface area contributed by atoms with Gasteiger partial charge in [0.15, 0.2) is 0 Å². The van der Waals surface area contributed by atoms with Crippen LogP contribution < -0.4 is 16.4 Å². The SMILES string of the molecule is C#CN(C(=O)C(CC(N)=O)NC(=O)OC(C)(C)C)C(C(=O)Nc1c(C)cccc1Cl)c1cccc(C=C)c1. The first kappa shape index (κ1) is 29.9. The van der Waals surface area contributed by atoms with E-state index in [9.17, 15) is 19.2 Å². The fourth-order valence-electron chi connectivity index (χ4n) is 3.54. The number of nitrogens with two attached hydrogens (primary N) is 1. The van der Waals surface area contributed by atoms with Crippen molar-refractivity contribution in [3.8, 4) is 12.5 Å². The van der Waals surface area contributed by atoms with Crippen LogP contribution >= 0.6 is 11.6 Å². The molecule has 2 rings (SSSR count). The van der Waals surface area contributed by atoms with Crippen LogP contribution in [0.2, 0.25) is 5.02 Å². The van der Waals surface area contributed by atoms with Crippen molar-refractivity contribution < 1.29 is 23.9 Å². The number of primary amides is 1. The van der Waals surface area contributed by atoms with E-state index in [1.807, 2.05) is 0 Å². The summed E-state index contributed by atoms with van der Waals surface area (Å²) in [6.45, 7) is 10.4. The van der Waals surface area contributed by atoms with Gasteiger partial charge in [0.25, 0.3) is 11.8 Å². The zero-order valence-corrected chi connectivity index (χ0v) is 22.5. The summed E-state index contributed by atoms with van der Waals surface area (Å²) in [6.07, 6.45) is 5.77. The summed E-state index contributed by atoms with van der Waals surface area (Å²) in [7, 11) is 0. The van der Waals surface area contributed by atoms with Gasteiger partial charge in [0, 0.05) is 6.04 Å². The molecule has 0 fully saturated rings. The molecule has 4 N–H and O–H groups in total. The lowest BCUT2D eigenvalue weighted by Crippen LogP contribution is -2.52. The van der Waals surface area contributed by atoms with Gasteiger partial charge in [0.1, 0.15) is 17.7 Å². The highest BCUT2D eigenvalue weighted by Crippen LogP contribution is 2.29. The maximum atomic E-state index is 13.7. The number of halogens is 1. The first-order chi connectivity index (χ1) is 17.8. The Morgan fingerprint density at radius 2 is 1.87 bits per heavy atom. The third-order valence-electron chi connectivity index (χ3n) is 5.21. The van der Waals surface area contributed by atoms with Crippen molar-refractivity contribution >= 4 is 47.2 Å². The monoisotopic (exact) mass is 538 g/mol. The number of alkyl carbamates (subject to hydrolysis) is 1. The molecule has 4 amide bonds. The smallest absolute Gasteiger partial charge is 0.408 e. The van der Waals surface area contributed by atoms with E-state index in [1.165, 1.54) is 0 Å². The number of nitrogens with zero attached hydrogens (tertiary/aromatic N) is 1. The Balaban J connectivity index is 2.55. The fraction of sp³-hybridized carbons (Fsp3) is 0.286. The van der Waals surface area contributed by atoms with Gasteiger partial charge in [-0.05, 0) is 56.5 Å². The second kappa shape index (κ2) is 12.8. The molecule has 38 heavy (non-hydrogen) atoms. The standard InChI is InChI=1S/C28H31ClN4O5/c1-7-18-12-10-13-19(15-18)24(25(35)32-23-17(3)11-9-14-20(23)29)33(8-2)26(36)21(16-22(30)34)31-27(37)38-28(4,5)6/h2,7,9-15,21,24H,1,16H2,3-6H3,(H2,30,34)(H,31,37)(H,32,35). The van der Waals surface area contributed by atoms with Gasteiger partial charge < -0.3 is 21.1 Å². The minimum Gasteiger partial charge on any atom is -0.444 e. The molecule has 0 aliphatic rings. The van der Waals surface area contributed by atoms with E-state index in [1.54, 1.807) is 76.2 Å². The van der Waals surface area contributed by atoms with Gasteiger partial charge in [-0.2, -0.15) is 0 Å². The summed E-state index contributed by atoms with van der Waals surface area (Å²) >= 11 is 6.30. The van der Waals surface area contributed by atoms with Crippen LogP contribution in [-0.2, 0) is 19.1 Å². The van der Waals surface area contributed by atoms with Gasteiger partial charge in [-0.15, -0.1) is 0 Å². The van der Waals surface area contributed by atoms with Crippen LogP contribution in [0.5, 0.6) is 0 Å². The molecule has 2 aromatic rings. The lowest BCUT2D eigenvalue weighted by atomic mass is 10.00. The highest BCUT2D eigenvalue weighted by Gasteiger charge is 2.37.